The van der Waals surface area contributed by atoms with E-state index in [4.69, 9.17) is 9.47 Å². The van der Waals surface area contributed by atoms with Crippen molar-refractivity contribution >= 4 is 11.6 Å². The predicted molar refractivity (Wildman–Crippen MR) is 94.4 cm³/mol. The molecule has 7 heteroatoms. The second-order valence-electron chi connectivity index (χ2n) is 5.73. The summed E-state index contributed by atoms with van der Waals surface area (Å²) in [6.45, 7) is 0.487. The number of ether oxygens (including phenoxy) is 2. The van der Waals surface area contributed by atoms with Crippen molar-refractivity contribution in [2.24, 2.45) is 0 Å². The molecule has 0 saturated heterocycles. The van der Waals surface area contributed by atoms with Gasteiger partial charge >= 0.3 is 0 Å². The monoisotopic (exact) mass is 349 g/mol. The van der Waals surface area contributed by atoms with Gasteiger partial charge in [-0.1, -0.05) is 6.07 Å². The number of aromatic amines is 1. The number of hydrogen-bond donors (Lipinski definition) is 1. The zero-order chi connectivity index (χ0) is 17.9. The lowest BCUT2D eigenvalue weighted by Crippen LogP contribution is -2.31. The van der Waals surface area contributed by atoms with Gasteiger partial charge in [0, 0.05) is 36.4 Å². The summed E-state index contributed by atoms with van der Waals surface area (Å²) in [6, 6.07) is 11.9. The van der Waals surface area contributed by atoms with Crippen LogP contribution in [-0.4, -0.2) is 22.7 Å². The standard InChI is InChI=1S/C19H15N3O4/c23-18-6-3-14(10-21-18)19(24)22(11-13-2-1-7-20-9-13)15-4-5-16-17(8-15)26-12-25-16/h1-10H,11-12H2,(H,21,23). The molecule has 3 heterocycles. The van der Waals surface area contributed by atoms with Crippen molar-refractivity contribution in [2.45, 2.75) is 6.54 Å². The molecule has 1 N–H and O–H groups in total. The van der Waals surface area contributed by atoms with E-state index in [-0.39, 0.29) is 18.3 Å². The highest BCUT2D eigenvalue weighted by molar-refractivity contribution is 6.06. The molecule has 0 saturated carbocycles. The summed E-state index contributed by atoms with van der Waals surface area (Å²) in [6.07, 6.45) is 4.80. The van der Waals surface area contributed by atoms with Crippen molar-refractivity contribution in [3.63, 3.8) is 0 Å². The van der Waals surface area contributed by atoms with E-state index in [0.29, 0.717) is 29.3 Å². The highest BCUT2D eigenvalue weighted by atomic mass is 16.7. The Morgan fingerprint density at radius 3 is 2.81 bits per heavy atom. The fourth-order valence-electron chi connectivity index (χ4n) is 2.71. The van der Waals surface area contributed by atoms with Crippen molar-refractivity contribution in [3.8, 4) is 11.5 Å². The first kappa shape index (κ1) is 15.9. The average Bonchev–Trinajstić information content (AvgIpc) is 3.15. The van der Waals surface area contributed by atoms with E-state index in [2.05, 4.69) is 9.97 Å². The van der Waals surface area contributed by atoms with Crippen LogP contribution in [0.25, 0.3) is 0 Å². The first-order chi connectivity index (χ1) is 12.7. The molecule has 7 nitrogen and oxygen atoms in total. The van der Waals surface area contributed by atoms with Crippen molar-refractivity contribution in [1.82, 2.24) is 9.97 Å². The topological polar surface area (TPSA) is 84.5 Å². The Labute approximate surface area is 148 Å². The Bertz CT molecular complexity index is 981. The van der Waals surface area contributed by atoms with Crippen LogP contribution in [0, 0.1) is 0 Å². The van der Waals surface area contributed by atoms with E-state index < -0.39 is 0 Å². The number of nitrogens with zero attached hydrogens (tertiary/aromatic N) is 2. The third-order valence-electron chi connectivity index (χ3n) is 4.01. The lowest BCUT2D eigenvalue weighted by atomic mass is 10.1. The molecule has 26 heavy (non-hydrogen) atoms. The summed E-state index contributed by atoms with van der Waals surface area (Å²) in [5.41, 5.74) is 1.66. The molecule has 0 radical (unpaired) electrons. The van der Waals surface area contributed by atoms with E-state index in [1.54, 1.807) is 35.5 Å². The van der Waals surface area contributed by atoms with Gasteiger partial charge in [0.1, 0.15) is 0 Å². The van der Waals surface area contributed by atoms with E-state index in [1.165, 1.54) is 18.3 Å². The number of amides is 1. The van der Waals surface area contributed by atoms with Gasteiger partial charge in [-0.3, -0.25) is 14.6 Å². The summed E-state index contributed by atoms with van der Waals surface area (Å²) in [7, 11) is 0. The first-order valence-corrected chi connectivity index (χ1v) is 8.00. The largest absolute Gasteiger partial charge is 0.454 e. The summed E-state index contributed by atoms with van der Waals surface area (Å²) in [5.74, 6) is 0.989. The van der Waals surface area contributed by atoms with Gasteiger partial charge in [0.15, 0.2) is 11.5 Å². The Kier molecular flexibility index (Phi) is 4.10. The van der Waals surface area contributed by atoms with Crippen LogP contribution in [0.1, 0.15) is 15.9 Å². The number of benzene rings is 1. The zero-order valence-corrected chi connectivity index (χ0v) is 13.7. The maximum absolute atomic E-state index is 13.1. The summed E-state index contributed by atoms with van der Waals surface area (Å²) in [4.78, 5) is 32.6. The minimum Gasteiger partial charge on any atom is -0.454 e. The fourth-order valence-corrected chi connectivity index (χ4v) is 2.71. The van der Waals surface area contributed by atoms with Crippen LogP contribution in [0.3, 0.4) is 0 Å². The zero-order valence-electron chi connectivity index (χ0n) is 13.7. The Balaban J connectivity index is 1.72. The van der Waals surface area contributed by atoms with Crippen molar-refractivity contribution in [3.05, 3.63) is 82.5 Å². The molecule has 1 aliphatic heterocycles. The number of hydrogen-bond acceptors (Lipinski definition) is 5. The van der Waals surface area contributed by atoms with E-state index in [0.717, 1.165) is 5.56 Å². The second kappa shape index (κ2) is 6.72. The van der Waals surface area contributed by atoms with Crippen LogP contribution < -0.4 is 19.9 Å². The quantitative estimate of drug-likeness (QED) is 0.781. The second-order valence-corrected chi connectivity index (χ2v) is 5.73. The van der Waals surface area contributed by atoms with E-state index in [1.807, 2.05) is 12.1 Å². The minimum atomic E-state index is -0.261. The van der Waals surface area contributed by atoms with Crippen LogP contribution >= 0.6 is 0 Å². The van der Waals surface area contributed by atoms with E-state index in [9.17, 15) is 9.59 Å². The van der Waals surface area contributed by atoms with Crippen LogP contribution in [0.15, 0.2) is 65.8 Å². The molecule has 0 atom stereocenters. The third kappa shape index (κ3) is 3.14. The lowest BCUT2D eigenvalue weighted by molar-refractivity contribution is 0.0984. The number of aromatic nitrogens is 2. The molecule has 0 fully saturated rings. The van der Waals surface area contributed by atoms with Gasteiger partial charge in [-0.05, 0) is 29.8 Å². The van der Waals surface area contributed by atoms with Gasteiger partial charge in [0.05, 0.1) is 12.1 Å². The smallest absolute Gasteiger partial charge is 0.260 e. The van der Waals surface area contributed by atoms with Crippen LogP contribution in [-0.2, 0) is 6.54 Å². The maximum Gasteiger partial charge on any atom is 0.260 e. The number of anilines is 1. The van der Waals surface area contributed by atoms with Crippen LogP contribution in [0.4, 0.5) is 5.69 Å². The molecule has 0 aliphatic carbocycles. The molecule has 4 rings (SSSR count). The molecule has 1 aromatic carbocycles. The van der Waals surface area contributed by atoms with Gasteiger partial charge in [-0.15, -0.1) is 0 Å². The highest BCUT2D eigenvalue weighted by Crippen LogP contribution is 2.36. The third-order valence-corrected chi connectivity index (χ3v) is 4.01. The Morgan fingerprint density at radius 2 is 2.04 bits per heavy atom. The molecule has 0 spiro atoms. The molecular weight excluding hydrogens is 334 g/mol. The van der Waals surface area contributed by atoms with Crippen LogP contribution in [0.5, 0.6) is 11.5 Å². The summed E-state index contributed by atoms with van der Waals surface area (Å²) < 4.78 is 10.8. The summed E-state index contributed by atoms with van der Waals surface area (Å²) >= 11 is 0. The SMILES string of the molecule is O=C(c1ccc(=O)[nH]c1)N(Cc1cccnc1)c1ccc2c(c1)OCO2. The predicted octanol–water partition coefficient (Wildman–Crippen LogP) is 2.35. The van der Waals surface area contributed by atoms with Gasteiger partial charge in [-0.25, -0.2) is 0 Å². The lowest BCUT2D eigenvalue weighted by Gasteiger charge is -2.23. The molecule has 0 unspecified atom stereocenters. The Hall–Kier alpha value is -3.61. The number of fused-ring (bicyclic) bond motifs is 1. The van der Waals surface area contributed by atoms with Crippen molar-refractivity contribution in [1.29, 1.82) is 0 Å². The van der Waals surface area contributed by atoms with Crippen LogP contribution in [0.2, 0.25) is 0 Å². The number of pyridine rings is 2. The van der Waals surface area contributed by atoms with Crippen molar-refractivity contribution < 1.29 is 14.3 Å². The molecule has 1 aliphatic rings. The van der Waals surface area contributed by atoms with Gasteiger partial charge in [0.25, 0.3) is 5.91 Å². The molecule has 1 amide bonds. The normalized spacial score (nSPS) is 12.0. The van der Waals surface area contributed by atoms with Gasteiger partial charge in [0.2, 0.25) is 12.4 Å². The fraction of sp³-hybridized carbons (Fsp3) is 0.105. The average molecular weight is 349 g/mol. The van der Waals surface area contributed by atoms with Gasteiger partial charge < -0.3 is 19.4 Å². The first-order valence-electron chi connectivity index (χ1n) is 8.00. The van der Waals surface area contributed by atoms with Gasteiger partial charge in [-0.2, -0.15) is 0 Å². The molecule has 2 aromatic heterocycles. The Morgan fingerprint density at radius 1 is 1.15 bits per heavy atom. The number of rotatable bonds is 4. The molecule has 130 valence electrons. The molecule has 3 aromatic rings. The molecule has 0 bridgehead atoms. The number of nitrogens with one attached hydrogen (secondary N) is 1. The molecular formula is C19H15N3O4. The van der Waals surface area contributed by atoms with E-state index >= 15 is 0 Å². The van der Waals surface area contributed by atoms with Crippen molar-refractivity contribution in [2.75, 3.05) is 11.7 Å². The highest BCUT2D eigenvalue weighted by Gasteiger charge is 2.22. The minimum absolute atomic E-state index is 0.162. The number of carbonyl (C=O) groups is 1. The number of carbonyl (C=O) groups excluding carboxylic acids is 1. The maximum atomic E-state index is 13.1. The number of H-pyrrole nitrogens is 1. The summed E-state index contributed by atoms with van der Waals surface area (Å²) in [5, 5.41) is 0.